The second-order valence-electron chi connectivity index (χ2n) is 6.70. The number of carbonyl (C=O) groups excluding carboxylic acids is 1. The summed E-state index contributed by atoms with van der Waals surface area (Å²) in [7, 11) is 1.57. The van der Waals surface area contributed by atoms with Crippen LogP contribution < -0.4 is 4.74 Å². The topological polar surface area (TPSA) is 29.5 Å². The van der Waals surface area contributed by atoms with Crippen molar-refractivity contribution < 1.29 is 22.7 Å². The smallest absolute Gasteiger partial charge is 0.389 e. The standard InChI is InChI=1S/C17H22F3NO2/c1-12(13-6-4-5-7-14(13)23-3)8-15(22)21-10-16(2,11-21)9-17(18,19)20/h4-7,12H,8-11H2,1-3H3/t12-/m1/s1. The van der Waals surface area contributed by atoms with Crippen LogP contribution in [0.25, 0.3) is 0 Å². The summed E-state index contributed by atoms with van der Waals surface area (Å²) >= 11 is 0. The number of amides is 1. The molecule has 0 bridgehead atoms. The third kappa shape index (κ3) is 4.39. The van der Waals surface area contributed by atoms with Crippen molar-refractivity contribution in [3.63, 3.8) is 0 Å². The summed E-state index contributed by atoms with van der Waals surface area (Å²) < 4.78 is 42.8. The molecule has 1 saturated heterocycles. The summed E-state index contributed by atoms with van der Waals surface area (Å²) in [6.07, 6.45) is -4.76. The van der Waals surface area contributed by atoms with Crippen LogP contribution in [0.15, 0.2) is 24.3 Å². The van der Waals surface area contributed by atoms with Crippen molar-refractivity contribution in [2.75, 3.05) is 20.2 Å². The number of methoxy groups -OCH3 is 1. The Kier molecular flexibility index (Phi) is 4.92. The van der Waals surface area contributed by atoms with E-state index < -0.39 is 18.0 Å². The van der Waals surface area contributed by atoms with E-state index in [2.05, 4.69) is 0 Å². The zero-order valence-corrected chi connectivity index (χ0v) is 13.6. The molecule has 0 aliphatic carbocycles. The first-order valence-corrected chi connectivity index (χ1v) is 7.61. The molecule has 0 aromatic heterocycles. The van der Waals surface area contributed by atoms with Gasteiger partial charge in [0.2, 0.25) is 5.91 Å². The largest absolute Gasteiger partial charge is 0.496 e. The minimum Gasteiger partial charge on any atom is -0.496 e. The maximum atomic E-state index is 12.5. The maximum absolute atomic E-state index is 12.5. The van der Waals surface area contributed by atoms with Crippen LogP contribution in [0.1, 0.15) is 38.2 Å². The monoisotopic (exact) mass is 329 g/mol. The van der Waals surface area contributed by atoms with E-state index in [1.165, 1.54) is 4.90 Å². The summed E-state index contributed by atoms with van der Waals surface area (Å²) in [5.74, 6) is 0.564. The van der Waals surface area contributed by atoms with Crippen molar-refractivity contribution in [2.45, 2.75) is 38.8 Å². The van der Waals surface area contributed by atoms with Gasteiger partial charge in [0.25, 0.3) is 0 Å². The van der Waals surface area contributed by atoms with Crippen molar-refractivity contribution in [3.05, 3.63) is 29.8 Å². The van der Waals surface area contributed by atoms with Gasteiger partial charge in [0.1, 0.15) is 5.75 Å². The molecule has 1 atom stereocenters. The minimum absolute atomic E-state index is 0.0480. The van der Waals surface area contributed by atoms with Gasteiger partial charge < -0.3 is 9.64 Å². The Labute approximate surface area is 134 Å². The number of hydrogen-bond donors (Lipinski definition) is 0. The molecule has 1 amide bonds. The number of likely N-dealkylation sites (tertiary alicyclic amines) is 1. The molecule has 0 unspecified atom stereocenters. The lowest BCUT2D eigenvalue weighted by Crippen LogP contribution is -2.58. The molecule has 0 radical (unpaired) electrons. The van der Waals surface area contributed by atoms with Gasteiger partial charge in [-0.25, -0.2) is 0 Å². The Morgan fingerprint density at radius 3 is 2.52 bits per heavy atom. The third-order valence-corrected chi connectivity index (χ3v) is 4.28. The predicted molar refractivity (Wildman–Crippen MR) is 81.4 cm³/mol. The Morgan fingerprint density at radius 2 is 1.96 bits per heavy atom. The van der Waals surface area contributed by atoms with Gasteiger partial charge in [0.15, 0.2) is 0 Å². The van der Waals surface area contributed by atoms with E-state index in [-0.39, 0.29) is 31.3 Å². The Bertz CT molecular complexity index is 565. The highest BCUT2D eigenvalue weighted by molar-refractivity contribution is 5.78. The fraction of sp³-hybridized carbons (Fsp3) is 0.588. The quantitative estimate of drug-likeness (QED) is 0.817. The first kappa shape index (κ1) is 17.6. The average molecular weight is 329 g/mol. The van der Waals surface area contributed by atoms with Crippen molar-refractivity contribution in [2.24, 2.45) is 5.41 Å². The van der Waals surface area contributed by atoms with Gasteiger partial charge in [-0.05, 0) is 17.5 Å². The molecule has 1 aliphatic rings. The highest BCUT2D eigenvalue weighted by Crippen LogP contribution is 2.41. The number of para-hydroxylation sites is 1. The average Bonchev–Trinajstić information content (AvgIpc) is 2.42. The molecule has 0 spiro atoms. The van der Waals surface area contributed by atoms with Crippen LogP contribution in [0.2, 0.25) is 0 Å². The lowest BCUT2D eigenvalue weighted by Gasteiger charge is -2.48. The van der Waals surface area contributed by atoms with Gasteiger partial charge in [-0.3, -0.25) is 4.79 Å². The van der Waals surface area contributed by atoms with E-state index in [0.29, 0.717) is 0 Å². The first-order chi connectivity index (χ1) is 10.6. The fourth-order valence-electron chi connectivity index (χ4n) is 3.22. The van der Waals surface area contributed by atoms with Crippen LogP contribution in [0, 0.1) is 5.41 Å². The van der Waals surface area contributed by atoms with Crippen molar-refractivity contribution in [1.29, 1.82) is 0 Å². The van der Waals surface area contributed by atoms with E-state index in [1.807, 2.05) is 31.2 Å². The van der Waals surface area contributed by atoms with E-state index >= 15 is 0 Å². The number of nitrogens with zero attached hydrogens (tertiary/aromatic N) is 1. The summed E-state index contributed by atoms with van der Waals surface area (Å²) in [6.45, 7) is 3.84. The molecule has 3 nitrogen and oxygen atoms in total. The lowest BCUT2D eigenvalue weighted by molar-refractivity contribution is -0.182. The number of benzene rings is 1. The molecule has 128 valence electrons. The zero-order chi connectivity index (χ0) is 17.3. The molecule has 1 aromatic rings. The van der Waals surface area contributed by atoms with Crippen LogP contribution in [-0.4, -0.2) is 37.2 Å². The molecule has 0 saturated carbocycles. The van der Waals surface area contributed by atoms with E-state index in [1.54, 1.807) is 14.0 Å². The number of carbonyl (C=O) groups is 1. The third-order valence-electron chi connectivity index (χ3n) is 4.28. The molecule has 23 heavy (non-hydrogen) atoms. The maximum Gasteiger partial charge on any atom is 0.389 e. The number of rotatable bonds is 5. The Morgan fingerprint density at radius 1 is 1.35 bits per heavy atom. The zero-order valence-electron chi connectivity index (χ0n) is 13.6. The molecule has 1 aliphatic heterocycles. The molecule has 1 fully saturated rings. The summed E-state index contributed by atoms with van der Waals surface area (Å²) in [5, 5.41) is 0. The molecular formula is C17H22F3NO2. The van der Waals surface area contributed by atoms with Gasteiger partial charge in [0, 0.05) is 24.9 Å². The van der Waals surface area contributed by atoms with Crippen molar-refractivity contribution in [3.8, 4) is 5.75 Å². The second-order valence-corrected chi connectivity index (χ2v) is 6.70. The molecule has 2 rings (SSSR count). The van der Waals surface area contributed by atoms with Gasteiger partial charge in [-0.15, -0.1) is 0 Å². The highest BCUT2D eigenvalue weighted by atomic mass is 19.4. The van der Waals surface area contributed by atoms with Crippen molar-refractivity contribution in [1.82, 2.24) is 4.90 Å². The number of ether oxygens (including phenoxy) is 1. The molecule has 6 heteroatoms. The summed E-state index contributed by atoms with van der Waals surface area (Å²) in [5.41, 5.74) is 0.0867. The number of hydrogen-bond acceptors (Lipinski definition) is 2. The second kappa shape index (κ2) is 6.42. The van der Waals surface area contributed by atoms with Gasteiger partial charge >= 0.3 is 6.18 Å². The normalized spacial score (nSPS) is 18.3. The SMILES string of the molecule is COc1ccccc1[C@H](C)CC(=O)N1CC(C)(CC(F)(F)F)C1. The summed E-state index contributed by atoms with van der Waals surface area (Å²) in [4.78, 5) is 13.8. The molecule has 0 N–H and O–H groups in total. The van der Waals surface area contributed by atoms with Crippen LogP contribution in [-0.2, 0) is 4.79 Å². The van der Waals surface area contributed by atoms with Crippen LogP contribution in [0.5, 0.6) is 5.75 Å². The van der Waals surface area contributed by atoms with Crippen LogP contribution in [0.3, 0.4) is 0 Å². The Balaban J connectivity index is 1.91. The van der Waals surface area contributed by atoms with Gasteiger partial charge in [-0.1, -0.05) is 32.0 Å². The van der Waals surface area contributed by atoms with Crippen LogP contribution in [0.4, 0.5) is 13.2 Å². The van der Waals surface area contributed by atoms with E-state index in [4.69, 9.17) is 4.74 Å². The summed E-state index contributed by atoms with van der Waals surface area (Å²) in [6, 6.07) is 7.47. The van der Waals surface area contributed by atoms with Crippen molar-refractivity contribution >= 4 is 5.91 Å². The molecular weight excluding hydrogens is 307 g/mol. The number of halogens is 3. The lowest BCUT2D eigenvalue weighted by atomic mass is 9.78. The van der Waals surface area contributed by atoms with Gasteiger partial charge in [0.05, 0.1) is 13.5 Å². The molecule has 1 heterocycles. The molecule has 1 aromatic carbocycles. The minimum atomic E-state index is -4.19. The van der Waals surface area contributed by atoms with E-state index in [0.717, 1.165) is 11.3 Å². The number of alkyl halides is 3. The van der Waals surface area contributed by atoms with Gasteiger partial charge in [-0.2, -0.15) is 13.2 Å². The fourth-order valence-corrected chi connectivity index (χ4v) is 3.22. The van der Waals surface area contributed by atoms with Crippen LogP contribution >= 0.6 is 0 Å². The Hall–Kier alpha value is -1.72. The first-order valence-electron chi connectivity index (χ1n) is 7.61. The van der Waals surface area contributed by atoms with E-state index in [9.17, 15) is 18.0 Å². The highest BCUT2D eigenvalue weighted by Gasteiger charge is 2.48. The predicted octanol–water partition coefficient (Wildman–Crippen LogP) is 3.99.